The molecule has 34 heavy (non-hydrogen) atoms. The molecule has 178 valence electrons. The second-order valence-electron chi connectivity index (χ2n) is 8.14. The molecule has 10 heteroatoms. The van der Waals surface area contributed by atoms with Crippen LogP contribution >= 0.6 is 0 Å². The quantitative estimate of drug-likeness (QED) is 0.535. The highest BCUT2D eigenvalue weighted by Crippen LogP contribution is 2.39. The van der Waals surface area contributed by atoms with E-state index in [9.17, 15) is 28.2 Å². The lowest BCUT2D eigenvalue weighted by atomic mass is 9.85. The van der Waals surface area contributed by atoms with E-state index in [4.69, 9.17) is 4.74 Å². The second-order valence-corrected chi connectivity index (χ2v) is 8.14. The molecule has 0 spiro atoms. The largest absolute Gasteiger partial charge is 0.390 e. The lowest BCUT2D eigenvalue weighted by Gasteiger charge is -2.41. The van der Waals surface area contributed by atoms with Crippen LogP contribution in [0.3, 0.4) is 0 Å². The molecule has 0 aliphatic carbocycles. The SMILES string of the molecule is C[C@H]1[C@@H](O)[C@H](O)[C@@H](C)O[C@H]1c1ccncc1NC(=O)c1ccc(F)c(-c2c(F)cccc2F)n1. The number of rotatable bonds is 4. The van der Waals surface area contributed by atoms with Gasteiger partial charge in [-0.1, -0.05) is 13.0 Å². The topological polar surface area (TPSA) is 105 Å². The van der Waals surface area contributed by atoms with Gasteiger partial charge in [0.15, 0.2) is 0 Å². The number of aliphatic hydroxyl groups excluding tert-OH is 2. The molecule has 5 atom stereocenters. The predicted octanol–water partition coefficient (Wildman–Crippen LogP) is 3.63. The molecule has 2 aromatic heterocycles. The molecular weight excluding hydrogens is 451 g/mol. The standard InChI is InChI=1S/C24H22F3N3O4/c1-11-21(31)22(32)12(2)34-23(11)13-8-9-28-10-18(13)30-24(33)17-7-6-16(27)20(29-17)19-14(25)4-3-5-15(19)26/h3-12,21-23,31-32H,1-2H3,(H,30,33)/t11-,12+,21+,22+,23+/m0/s1. The average molecular weight is 473 g/mol. The third kappa shape index (κ3) is 4.39. The number of aromatic nitrogens is 2. The molecule has 7 nitrogen and oxygen atoms in total. The summed E-state index contributed by atoms with van der Waals surface area (Å²) in [5.74, 6) is -4.31. The minimum atomic E-state index is -1.06. The molecule has 1 aromatic carbocycles. The highest BCUT2D eigenvalue weighted by atomic mass is 19.1. The van der Waals surface area contributed by atoms with Crippen molar-refractivity contribution in [3.63, 3.8) is 0 Å². The molecule has 3 aromatic rings. The molecule has 1 aliphatic rings. The van der Waals surface area contributed by atoms with Crippen LogP contribution in [0.4, 0.5) is 18.9 Å². The van der Waals surface area contributed by atoms with Gasteiger partial charge < -0.3 is 20.3 Å². The number of carbonyl (C=O) groups is 1. The molecule has 1 aliphatic heterocycles. The fraction of sp³-hybridized carbons (Fsp3) is 0.292. The minimum absolute atomic E-state index is 0.241. The Labute approximate surface area is 193 Å². The molecule has 1 fully saturated rings. The molecule has 0 unspecified atom stereocenters. The van der Waals surface area contributed by atoms with Crippen molar-refractivity contribution in [3.8, 4) is 11.3 Å². The smallest absolute Gasteiger partial charge is 0.274 e. The maximum atomic E-state index is 14.4. The molecule has 0 saturated carbocycles. The number of hydrogen-bond donors (Lipinski definition) is 3. The Hall–Kier alpha value is -3.34. The van der Waals surface area contributed by atoms with E-state index in [0.717, 1.165) is 30.3 Å². The fourth-order valence-electron chi connectivity index (χ4n) is 3.97. The lowest BCUT2D eigenvalue weighted by Crippen LogP contribution is -2.49. The van der Waals surface area contributed by atoms with E-state index >= 15 is 0 Å². The van der Waals surface area contributed by atoms with Gasteiger partial charge in [0.05, 0.1) is 35.8 Å². The summed E-state index contributed by atoms with van der Waals surface area (Å²) in [7, 11) is 0. The van der Waals surface area contributed by atoms with Crippen molar-refractivity contribution in [1.29, 1.82) is 0 Å². The van der Waals surface area contributed by atoms with Gasteiger partial charge in [-0.25, -0.2) is 18.2 Å². The zero-order chi connectivity index (χ0) is 24.6. The van der Waals surface area contributed by atoms with Crippen LogP contribution in [0.15, 0.2) is 48.8 Å². The molecule has 0 radical (unpaired) electrons. The highest BCUT2D eigenvalue weighted by Gasteiger charge is 2.41. The second kappa shape index (κ2) is 9.49. The summed E-state index contributed by atoms with van der Waals surface area (Å²) >= 11 is 0. The van der Waals surface area contributed by atoms with E-state index in [-0.39, 0.29) is 11.4 Å². The van der Waals surface area contributed by atoms with Gasteiger partial charge in [0.2, 0.25) is 0 Å². The summed E-state index contributed by atoms with van der Waals surface area (Å²) in [6, 6.07) is 6.66. The zero-order valence-electron chi connectivity index (χ0n) is 18.2. The number of nitrogens with one attached hydrogen (secondary N) is 1. The first-order valence-corrected chi connectivity index (χ1v) is 10.6. The number of benzene rings is 1. The third-order valence-electron chi connectivity index (χ3n) is 5.90. The van der Waals surface area contributed by atoms with Crippen molar-refractivity contribution < 1.29 is 32.9 Å². The van der Waals surface area contributed by atoms with Crippen LogP contribution in [0.2, 0.25) is 0 Å². The first-order chi connectivity index (χ1) is 16.2. The Bertz CT molecular complexity index is 1210. The van der Waals surface area contributed by atoms with Gasteiger partial charge in [0.25, 0.3) is 5.91 Å². The monoisotopic (exact) mass is 473 g/mol. The zero-order valence-corrected chi connectivity index (χ0v) is 18.2. The Kier molecular flexibility index (Phi) is 6.65. The van der Waals surface area contributed by atoms with Crippen LogP contribution in [0.5, 0.6) is 0 Å². The fourth-order valence-corrected chi connectivity index (χ4v) is 3.97. The van der Waals surface area contributed by atoms with Gasteiger partial charge in [0, 0.05) is 17.7 Å². The van der Waals surface area contributed by atoms with E-state index in [2.05, 4.69) is 15.3 Å². The first kappa shape index (κ1) is 23.8. The van der Waals surface area contributed by atoms with Crippen molar-refractivity contribution >= 4 is 11.6 Å². The van der Waals surface area contributed by atoms with Gasteiger partial charge in [-0.15, -0.1) is 0 Å². The number of anilines is 1. The van der Waals surface area contributed by atoms with Crippen LogP contribution < -0.4 is 5.32 Å². The molecular formula is C24H22F3N3O4. The molecule has 1 amide bonds. The van der Waals surface area contributed by atoms with E-state index in [0.29, 0.717) is 5.56 Å². The summed E-state index contributed by atoms with van der Waals surface area (Å²) in [5.41, 5.74) is -0.858. The number of hydrogen-bond acceptors (Lipinski definition) is 6. The molecule has 0 bridgehead atoms. The van der Waals surface area contributed by atoms with Crippen molar-refractivity contribution in [2.45, 2.75) is 38.3 Å². The van der Waals surface area contributed by atoms with Crippen LogP contribution in [-0.2, 0) is 4.74 Å². The van der Waals surface area contributed by atoms with Gasteiger partial charge in [0.1, 0.15) is 34.9 Å². The van der Waals surface area contributed by atoms with Crippen molar-refractivity contribution in [2.24, 2.45) is 5.92 Å². The summed E-state index contributed by atoms with van der Waals surface area (Å²) in [6.45, 7) is 3.32. The number of nitrogens with zero attached hydrogens (tertiary/aromatic N) is 2. The number of aliphatic hydroxyl groups is 2. The summed E-state index contributed by atoms with van der Waals surface area (Å²) < 4.78 is 48.6. The number of carbonyl (C=O) groups excluding carboxylic acids is 1. The van der Waals surface area contributed by atoms with Gasteiger partial charge in [-0.05, 0) is 37.3 Å². The number of ether oxygens (including phenoxy) is 1. The predicted molar refractivity (Wildman–Crippen MR) is 116 cm³/mol. The van der Waals surface area contributed by atoms with Crippen LogP contribution in [-0.4, -0.2) is 44.4 Å². The van der Waals surface area contributed by atoms with E-state index in [1.165, 1.54) is 12.4 Å². The molecule has 3 heterocycles. The number of pyridine rings is 2. The number of amides is 1. The Balaban J connectivity index is 1.65. The first-order valence-electron chi connectivity index (χ1n) is 10.6. The van der Waals surface area contributed by atoms with Crippen LogP contribution in [0.25, 0.3) is 11.3 Å². The maximum absolute atomic E-state index is 14.4. The van der Waals surface area contributed by atoms with E-state index in [1.54, 1.807) is 19.9 Å². The van der Waals surface area contributed by atoms with Gasteiger partial charge >= 0.3 is 0 Å². The Morgan fingerprint density at radius 2 is 1.71 bits per heavy atom. The average Bonchev–Trinajstić information content (AvgIpc) is 2.81. The molecule has 4 rings (SSSR count). The van der Waals surface area contributed by atoms with Gasteiger partial charge in [-0.2, -0.15) is 0 Å². The third-order valence-corrected chi connectivity index (χ3v) is 5.90. The highest BCUT2D eigenvalue weighted by molar-refractivity contribution is 6.03. The number of halogens is 3. The Morgan fingerprint density at radius 1 is 1.00 bits per heavy atom. The van der Waals surface area contributed by atoms with Crippen molar-refractivity contribution in [2.75, 3.05) is 5.32 Å². The van der Waals surface area contributed by atoms with Crippen LogP contribution in [0, 0.1) is 23.4 Å². The summed E-state index contributed by atoms with van der Waals surface area (Å²) in [4.78, 5) is 20.8. The summed E-state index contributed by atoms with van der Waals surface area (Å²) in [5, 5.41) is 23.1. The lowest BCUT2D eigenvalue weighted by molar-refractivity contribution is -0.192. The van der Waals surface area contributed by atoms with Crippen molar-refractivity contribution in [3.05, 3.63) is 77.5 Å². The maximum Gasteiger partial charge on any atom is 0.274 e. The molecule has 3 N–H and O–H groups in total. The minimum Gasteiger partial charge on any atom is -0.390 e. The van der Waals surface area contributed by atoms with E-state index < -0.39 is 64.9 Å². The Morgan fingerprint density at radius 3 is 2.41 bits per heavy atom. The van der Waals surface area contributed by atoms with E-state index in [1.807, 2.05) is 0 Å². The normalized spacial score (nSPS) is 24.6. The van der Waals surface area contributed by atoms with Crippen molar-refractivity contribution in [1.82, 2.24) is 9.97 Å². The van der Waals surface area contributed by atoms with Crippen LogP contribution in [0.1, 0.15) is 36.0 Å². The molecule has 1 saturated heterocycles. The van der Waals surface area contributed by atoms with Gasteiger partial charge in [-0.3, -0.25) is 9.78 Å². The summed E-state index contributed by atoms with van der Waals surface area (Å²) in [6.07, 6.45) is -0.597.